The van der Waals surface area contributed by atoms with E-state index in [1.165, 1.54) is 12.1 Å². The molecule has 0 bridgehead atoms. The van der Waals surface area contributed by atoms with Crippen LogP contribution < -0.4 is 5.32 Å². The zero-order valence-electron chi connectivity index (χ0n) is 16.3. The second-order valence-electron chi connectivity index (χ2n) is 7.48. The maximum absolute atomic E-state index is 13.3. The first-order valence-electron chi connectivity index (χ1n) is 9.19. The van der Waals surface area contributed by atoms with Gasteiger partial charge in [0.05, 0.1) is 23.2 Å². The molecule has 0 saturated carbocycles. The van der Waals surface area contributed by atoms with Gasteiger partial charge < -0.3 is 5.32 Å². The van der Waals surface area contributed by atoms with Gasteiger partial charge in [0.1, 0.15) is 5.82 Å². The van der Waals surface area contributed by atoms with Gasteiger partial charge in [0, 0.05) is 11.7 Å². The normalized spacial score (nSPS) is 12.7. The van der Waals surface area contributed by atoms with Gasteiger partial charge in [-0.3, -0.25) is 4.79 Å². The van der Waals surface area contributed by atoms with Crippen molar-refractivity contribution in [3.63, 3.8) is 0 Å². The molecule has 27 heavy (non-hydrogen) atoms. The second kappa shape index (κ2) is 7.47. The molecule has 0 unspecified atom stereocenters. The first-order valence-corrected chi connectivity index (χ1v) is 9.19. The predicted octanol–water partition coefficient (Wildman–Crippen LogP) is 4.59. The zero-order valence-corrected chi connectivity index (χ0v) is 16.3. The third-order valence-electron chi connectivity index (χ3n) is 4.61. The van der Waals surface area contributed by atoms with Gasteiger partial charge in [0.15, 0.2) is 5.65 Å². The standard InChI is InChI=1S/C21H25FN4O/c1-12(2)19(15-6-8-16(22)9-7-15)25-21(27)17-10-14(5)24-20-18(17)11-23-26(20)13(3)4/h6-13,19H,1-5H3,(H,25,27)/t19-/m0/s1. The molecule has 2 aromatic heterocycles. The monoisotopic (exact) mass is 368 g/mol. The van der Waals surface area contributed by atoms with E-state index in [4.69, 9.17) is 0 Å². The topological polar surface area (TPSA) is 59.8 Å². The van der Waals surface area contributed by atoms with E-state index >= 15 is 0 Å². The van der Waals surface area contributed by atoms with Crippen molar-refractivity contribution in [2.45, 2.75) is 46.7 Å². The maximum atomic E-state index is 13.3. The SMILES string of the molecule is Cc1cc(C(=O)N[C@H](c2ccc(F)cc2)C(C)C)c2cnn(C(C)C)c2n1. The van der Waals surface area contributed by atoms with Crippen LogP contribution in [0.15, 0.2) is 36.5 Å². The van der Waals surface area contributed by atoms with Crippen molar-refractivity contribution < 1.29 is 9.18 Å². The summed E-state index contributed by atoms with van der Waals surface area (Å²) in [6.07, 6.45) is 1.69. The van der Waals surface area contributed by atoms with Crippen LogP contribution in [0, 0.1) is 18.7 Å². The van der Waals surface area contributed by atoms with Crippen LogP contribution in [0.2, 0.25) is 0 Å². The summed E-state index contributed by atoms with van der Waals surface area (Å²) in [5.41, 5.74) is 2.90. The van der Waals surface area contributed by atoms with Crippen LogP contribution in [0.25, 0.3) is 11.0 Å². The number of nitrogens with zero attached hydrogens (tertiary/aromatic N) is 3. The molecule has 3 rings (SSSR count). The molecule has 1 aromatic carbocycles. The van der Waals surface area contributed by atoms with Gasteiger partial charge in [-0.05, 0) is 50.5 Å². The lowest BCUT2D eigenvalue weighted by Crippen LogP contribution is -2.32. The average molecular weight is 368 g/mol. The Hall–Kier alpha value is -2.76. The Balaban J connectivity index is 1.98. The van der Waals surface area contributed by atoms with Gasteiger partial charge in [-0.2, -0.15) is 5.10 Å². The fourth-order valence-electron chi connectivity index (χ4n) is 3.23. The lowest BCUT2D eigenvalue weighted by atomic mass is 9.95. The van der Waals surface area contributed by atoms with Crippen LogP contribution >= 0.6 is 0 Å². The molecule has 1 amide bonds. The molecule has 0 aliphatic carbocycles. The van der Waals surface area contributed by atoms with Crippen molar-refractivity contribution in [3.8, 4) is 0 Å². The van der Waals surface area contributed by atoms with Crippen LogP contribution in [-0.4, -0.2) is 20.7 Å². The molecule has 0 fully saturated rings. The molecule has 142 valence electrons. The van der Waals surface area contributed by atoms with Crippen molar-refractivity contribution in [2.75, 3.05) is 0 Å². The van der Waals surface area contributed by atoms with Crippen LogP contribution in [-0.2, 0) is 0 Å². The Morgan fingerprint density at radius 3 is 2.41 bits per heavy atom. The molecule has 0 spiro atoms. The molecule has 1 atom stereocenters. The van der Waals surface area contributed by atoms with Crippen molar-refractivity contribution in [3.05, 3.63) is 59.2 Å². The van der Waals surface area contributed by atoms with E-state index in [-0.39, 0.29) is 29.7 Å². The molecule has 5 nitrogen and oxygen atoms in total. The number of fused-ring (bicyclic) bond motifs is 1. The molecule has 0 saturated heterocycles. The number of hydrogen-bond acceptors (Lipinski definition) is 3. The van der Waals surface area contributed by atoms with Crippen LogP contribution in [0.3, 0.4) is 0 Å². The summed E-state index contributed by atoms with van der Waals surface area (Å²) in [6, 6.07) is 7.97. The predicted molar refractivity (Wildman–Crippen MR) is 104 cm³/mol. The Morgan fingerprint density at radius 1 is 1.15 bits per heavy atom. The summed E-state index contributed by atoms with van der Waals surface area (Å²) in [7, 11) is 0. The van der Waals surface area contributed by atoms with E-state index in [9.17, 15) is 9.18 Å². The number of amides is 1. The van der Waals surface area contributed by atoms with E-state index in [2.05, 4.69) is 15.4 Å². The number of hydrogen-bond donors (Lipinski definition) is 1. The fourth-order valence-corrected chi connectivity index (χ4v) is 3.23. The van der Waals surface area contributed by atoms with Crippen molar-refractivity contribution in [1.29, 1.82) is 0 Å². The summed E-state index contributed by atoms with van der Waals surface area (Å²) < 4.78 is 15.1. The molecule has 0 radical (unpaired) electrons. The quantitative estimate of drug-likeness (QED) is 0.717. The minimum atomic E-state index is -0.292. The zero-order chi connectivity index (χ0) is 19.7. The van der Waals surface area contributed by atoms with Crippen molar-refractivity contribution in [1.82, 2.24) is 20.1 Å². The number of carbonyl (C=O) groups is 1. The number of nitrogens with one attached hydrogen (secondary N) is 1. The van der Waals surface area contributed by atoms with Gasteiger partial charge in [0.25, 0.3) is 5.91 Å². The number of rotatable bonds is 5. The Labute approximate surface area is 158 Å². The van der Waals surface area contributed by atoms with Gasteiger partial charge in [-0.25, -0.2) is 14.1 Å². The van der Waals surface area contributed by atoms with Crippen LogP contribution in [0.1, 0.15) is 61.4 Å². The third kappa shape index (κ3) is 3.84. The molecule has 3 aromatic rings. The minimum absolute atomic E-state index is 0.148. The summed E-state index contributed by atoms with van der Waals surface area (Å²) >= 11 is 0. The summed E-state index contributed by atoms with van der Waals surface area (Å²) in [5, 5.41) is 8.22. The number of pyridine rings is 1. The number of halogens is 1. The Morgan fingerprint density at radius 2 is 1.81 bits per heavy atom. The molecule has 6 heteroatoms. The highest BCUT2D eigenvalue weighted by Crippen LogP contribution is 2.25. The largest absolute Gasteiger partial charge is 0.345 e. The maximum Gasteiger partial charge on any atom is 0.252 e. The van der Waals surface area contributed by atoms with Crippen molar-refractivity contribution >= 4 is 16.9 Å². The lowest BCUT2D eigenvalue weighted by molar-refractivity contribution is 0.0927. The highest BCUT2D eigenvalue weighted by atomic mass is 19.1. The second-order valence-corrected chi connectivity index (χ2v) is 7.48. The smallest absolute Gasteiger partial charge is 0.252 e. The van der Waals surface area contributed by atoms with E-state index in [1.807, 2.05) is 39.3 Å². The molecule has 0 aliphatic rings. The molecule has 0 aliphatic heterocycles. The first-order chi connectivity index (χ1) is 12.8. The number of aromatic nitrogens is 3. The highest BCUT2D eigenvalue weighted by Gasteiger charge is 2.22. The number of aryl methyl sites for hydroxylation is 1. The van der Waals surface area contributed by atoms with Crippen molar-refractivity contribution in [2.24, 2.45) is 5.92 Å². The molecule has 1 N–H and O–H groups in total. The fraction of sp³-hybridized carbons (Fsp3) is 0.381. The Kier molecular flexibility index (Phi) is 5.26. The molecule has 2 heterocycles. The van der Waals surface area contributed by atoms with E-state index in [1.54, 1.807) is 24.4 Å². The van der Waals surface area contributed by atoms with E-state index in [0.717, 1.165) is 16.6 Å². The molecular weight excluding hydrogens is 343 g/mol. The number of benzene rings is 1. The minimum Gasteiger partial charge on any atom is -0.345 e. The first kappa shape index (κ1) is 19.0. The van der Waals surface area contributed by atoms with Gasteiger partial charge in [0.2, 0.25) is 0 Å². The number of carbonyl (C=O) groups excluding carboxylic acids is 1. The third-order valence-corrected chi connectivity index (χ3v) is 4.61. The Bertz CT molecular complexity index is 960. The molecular formula is C21H25FN4O. The summed E-state index contributed by atoms with van der Waals surface area (Å²) in [4.78, 5) is 17.7. The van der Waals surface area contributed by atoms with E-state index < -0.39 is 0 Å². The van der Waals surface area contributed by atoms with Crippen LogP contribution in [0.5, 0.6) is 0 Å². The summed E-state index contributed by atoms with van der Waals surface area (Å²) in [5.74, 6) is -0.326. The van der Waals surface area contributed by atoms with Gasteiger partial charge in [-0.15, -0.1) is 0 Å². The van der Waals surface area contributed by atoms with Gasteiger partial charge >= 0.3 is 0 Å². The van der Waals surface area contributed by atoms with E-state index in [0.29, 0.717) is 11.2 Å². The van der Waals surface area contributed by atoms with Gasteiger partial charge in [-0.1, -0.05) is 26.0 Å². The average Bonchev–Trinajstić information content (AvgIpc) is 3.03. The summed E-state index contributed by atoms with van der Waals surface area (Å²) in [6.45, 7) is 9.98. The highest BCUT2D eigenvalue weighted by molar-refractivity contribution is 6.05. The lowest BCUT2D eigenvalue weighted by Gasteiger charge is -2.23. The van der Waals surface area contributed by atoms with Crippen LogP contribution in [0.4, 0.5) is 4.39 Å².